The number of aromatic nitrogens is 2. The molecule has 1 atom stereocenters. The van der Waals surface area contributed by atoms with E-state index >= 15 is 0 Å². The molecule has 3 aliphatic rings. The molecule has 1 unspecified atom stereocenters. The fourth-order valence-corrected chi connectivity index (χ4v) is 8.30. The van der Waals surface area contributed by atoms with Crippen molar-refractivity contribution in [2.75, 3.05) is 57.8 Å². The zero-order valence-electron chi connectivity index (χ0n) is 25.5. The van der Waals surface area contributed by atoms with E-state index in [1.165, 1.54) is 21.3 Å². The Morgan fingerprint density at radius 3 is 2.48 bits per heavy atom. The molecule has 10 nitrogen and oxygen atoms in total. The van der Waals surface area contributed by atoms with E-state index < -0.39 is 40.3 Å². The maximum atomic E-state index is 14.0. The average molecular weight is 695 g/mol. The van der Waals surface area contributed by atoms with Crippen molar-refractivity contribution in [1.29, 1.82) is 0 Å². The first-order valence-electron chi connectivity index (χ1n) is 15.2. The number of benzene rings is 1. The van der Waals surface area contributed by atoms with Gasteiger partial charge in [0.2, 0.25) is 15.9 Å². The van der Waals surface area contributed by atoms with Crippen LogP contribution in [0.3, 0.4) is 0 Å². The number of piperidine rings is 1. The third-order valence-electron chi connectivity index (χ3n) is 8.88. The van der Waals surface area contributed by atoms with Crippen molar-refractivity contribution in [1.82, 2.24) is 23.9 Å². The van der Waals surface area contributed by atoms with Crippen LogP contribution in [0.4, 0.5) is 22.0 Å². The number of β-amino-alcohol motifs (C(OH)–C–C–N with tert-alkyl or cyclic N) is 1. The summed E-state index contributed by atoms with van der Waals surface area (Å²) >= 11 is 0.929. The number of hydrogen-bond acceptors (Lipinski definition) is 8. The Balaban J connectivity index is 1.40. The summed E-state index contributed by atoms with van der Waals surface area (Å²) in [5, 5.41) is 15.7. The van der Waals surface area contributed by atoms with Crippen molar-refractivity contribution in [3.05, 3.63) is 35.0 Å². The van der Waals surface area contributed by atoms with Crippen LogP contribution in [0, 0.1) is 5.92 Å². The Kier molecular flexibility index (Phi) is 10.4. The molecule has 0 bridgehead atoms. The fourth-order valence-electron chi connectivity index (χ4n) is 6.39. The minimum absolute atomic E-state index is 0.0209. The molecule has 2 fully saturated rings. The van der Waals surface area contributed by atoms with Gasteiger partial charge in [-0.2, -0.15) is 22.6 Å². The number of aliphatic hydroxyl groups is 1. The van der Waals surface area contributed by atoms with Gasteiger partial charge in [0.1, 0.15) is 0 Å². The molecule has 1 aromatic carbocycles. The van der Waals surface area contributed by atoms with Crippen molar-refractivity contribution >= 4 is 27.7 Å². The average Bonchev–Trinajstić information content (AvgIpc) is 3.50. The number of amides is 1. The van der Waals surface area contributed by atoms with Crippen LogP contribution in [0.15, 0.2) is 23.1 Å². The van der Waals surface area contributed by atoms with Gasteiger partial charge in [0.05, 0.1) is 36.7 Å². The van der Waals surface area contributed by atoms with Gasteiger partial charge in [-0.15, -0.1) is 11.8 Å². The van der Waals surface area contributed by atoms with E-state index in [1.54, 1.807) is 4.68 Å². The third kappa shape index (κ3) is 8.39. The zero-order valence-corrected chi connectivity index (χ0v) is 27.1. The maximum Gasteiger partial charge on any atom is 0.417 e. The minimum atomic E-state index is -4.65. The van der Waals surface area contributed by atoms with Crippen LogP contribution in [0.2, 0.25) is 0 Å². The van der Waals surface area contributed by atoms with Crippen molar-refractivity contribution in [3.8, 4) is 11.3 Å². The van der Waals surface area contributed by atoms with Gasteiger partial charge >= 0.3 is 6.18 Å². The number of sulfonamides is 1. The molecular weight excluding hydrogens is 655 g/mol. The molecule has 3 aliphatic heterocycles. The molecule has 2 saturated heterocycles. The highest BCUT2D eigenvalue weighted by Crippen LogP contribution is 2.40. The molecule has 0 saturated carbocycles. The van der Waals surface area contributed by atoms with Crippen LogP contribution in [-0.2, 0) is 40.5 Å². The van der Waals surface area contributed by atoms with Gasteiger partial charge in [-0.1, -0.05) is 6.07 Å². The van der Waals surface area contributed by atoms with Gasteiger partial charge in [-0.3, -0.25) is 14.4 Å². The van der Waals surface area contributed by atoms with Crippen molar-refractivity contribution in [3.63, 3.8) is 0 Å². The van der Waals surface area contributed by atoms with Crippen LogP contribution in [0.5, 0.6) is 0 Å². The Hall–Kier alpha value is -2.31. The van der Waals surface area contributed by atoms with Gasteiger partial charge in [0.15, 0.2) is 0 Å². The molecule has 1 amide bonds. The number of likely N-dealkylation sites (tertiary alicyclic amines) is 2. The number of primary amides is 1. The zero-order chi connectivity index (χ0) is 33.4. The number of carbonyl (C=O) groups is 1. The summed E-state index contributed by atoms with van der Waals surface area (Å²) < 4.78 is 97.0. The lowest BCUT2D eigenvalue weighted by atomic mass is 9.96. The normalized spacial score (nSPS) is 21.0. The third-order valence-corrected chi connectivity index (χ3v) is 11.2. The SMILES string of the molecule is CS(=O)(=O)N1CCc2c(c(-c3ccc(C(F)(F)F)c(SCCN4CCC(F)(F)C4)c3)nn2CC(O)CN2CCC(C(N)=O)CC2)C1. The Labute approximate surface area is 269 Å². The first-order chi connectivity index (χ1) is 21.5. The molecule has 3 N–H and O–H groups in total. The topological polar surface area (TPSA) is 125 Å². The summed E-state index contributed by atoms with van der Waals surface area (Å²) in [4.78, 5) is 15.0. The van der Waals surface area contributed by atoms with Gasteiger partial charge in [0, 0.05) is 79.0 Å². The van der Waals surface area contributed by atoms with Gasteiger partial charge in [0.25, 0.3) is 5.92 Å². The molecular formula is C29H39F5N6O4S2. The number of rotatable bonds is 11. The van der Waals surface area contributed by atoms with Crippen LogP contribution >= 0.6 is 11.8 Å². The van der Waals surface area contributed by atoms with Gasteiger partial charge in [-0.25, -0.2) is 17.2 Å². The number of thioether (sulfide) groups is 1. The smallest absolute Gasteiger partial charge is 0.390 e. The quantitative estimate of drug-likeness (QED) is 0.272. The Bertz CT molecular complexity index is 1530. The standard InChI is InChI=1S/C29H39F5N6O4S2/c1-46(43,44)39-10-6-24-22(17-39)26(36-40(24)16-21(41)15-37-8-4-19(5-9-37)27(35)42)20-2-3-23(29(32,33)34)25(14-20)45-13-12-38-11-7-28(30,31)18-38/h2-3,14,19,21,41H,4-13,15-18H2,1H3,(H2,35,42). The highest BCUT2D eigenvalue weighted by atomic mass is 32.2. The maximum absolute atomic E-state index is 14.0. The van der Waals surface area contributed by atoms with E-state index in [4.69, 9.17) is 10.8 Å². The van der Waals surface area contributed by atoms with Crippen LogP contribution in [0.25, 0.3) is 11.3 Å². The fraction of sp³-hybridized carbons (Fsp3) is 0.655. The molecule has 256 valence electrons. The summed E-state index contributed by atoms with van der Waals surface area (Å²) in [6, 6.07) is 3.64. The highest BCUT2D eigenvalue weighted by molar-refractivity contribution is 7.99. The molecule has 1 aromatic heterocycles. The van der Waals surface area contributed by atoms with Crippen LogP contribution in [-0.4, -0.2) is 113 Å². The summed E-state index contributed by atoms with van der Waals surface area (Å²) in [5.74, 6) is -3.15. The largest absolute Gasteiger partial charge is 0.417 e. The molecule has 46 heavy (non-hydrogen) atoms. The highest BCUT2D eigenvalue weighted by Gasteiger charge is 2.38. The summed E-state index contributed by atoms with van der Waals surface area (Å²) in [7, 11) is -3.58. The van der Waals surface area contributed by atoms with E-state index in [2.05, 4.69) is 0 Å². The lowest BCUT2D eigenvalue weighted by molar-refractivity contribution is -0.139. The molecule has 4 heterocycles. The number of aliphatic hydroxyl groups excluding tert-OH is 1. The van der Waals surface area contributed by atoms with Crippen molar-refractivity contribution in [2.45, 2.75) is 61.9 Å². The predicted octanol–water partition coefficient (Wildman–Crippen LogP) is 2.88. The molecule has 2 aromatic rings. The van der Waals surface area contributed by atoms with Gasteiger partial charge in [-0.05, 0) is 38.1 Å². The number of carbonyl (C=O) groups excluding carboxylic acids is 1. The van der Waals surface area contributed by atoms with E-state index in [1.807, 2.05) is 4.90 Å². The summed E-state index contributed by atoms with van der Waals surface area (Å²) in [6.07, 6.45) is -3.19. The first-order valence-corrected chi connectivity index (χ1v) is 18.0. The van der Waals surface area contributed by atoms with E-state index in [0.717, 1.165) is 24.1 Å². The summed E-state index contributed by atoms with van der Waals surface area (Å²) in [5.41, 5.74) is 6.51. The first kappa shape index (κ1) is 35.0. The van der Waals surface area contributed by atoms with Gasteiger partial charge < -0.3 is 15.7 Å². The second-order valence-corrected chi connectivity index (χ2v) is 15.5. The monoisotopic (exact) mass is 694 g/mol. The molecule has 5 rings (SSSR count). The molecule has 0 aliphatic carbocycles. The molecule has 17 heteroatoms. The number of halogens is 5. The lowest BCUT2D eigenvalue weighted by Crippen LogP contribution is -2.43. The number of alkyl halides is 5. The Morgan fingerprint density at radius 1 is 1.15 bits per heavy atom. The second kappa shape index (κ2) is 13.7. The summed E-state index contributed by atoms with van der Waals surface area (Å²) in [6.45, 7) is 1.73. The minimum Gasteiger partial charge on any atom is -0.390 e. The molecule has 0 radical (unpaired) electrons. The number of fused-ring (bicyclic) bond motifs is 1. The predicted molar refractivity (Wildman–Crippen MR) is 163 cm³/mol. The number of nitrogens with two attached hydrogens (primary N) is 1. The van der Waals surface area contributed by atoms with E-state index in [9.17, 15) is 40.3 Å². The number of nitrogens with zero attached hydrogens (tertiary/aromatic N) is 5. The lowest BCUT2D eigenvalue weighted by Gasteiger charge is -2.32. The van der Waals surface area contributed by atoms with Crippen LogP contribution < -0.4 is 5.73 Å². The Morgan fingerprint density at radius 2 is 1.87 bits per heavy atom. The number of hydrogen-bond donors (Lipinski definition) is 2. The van der Waals surface area contributed by atoms with E-state index in [-0.39, 0.29) is 61.6 Å². The second-order valence-electron chi connectivity index (χ2n) is 12.4. The van der Waals surface area contributed by atoms with Crippen LogP contribution in [0.1, 0.15) is 36.1 Å². The van der Waals surface area contributed by atoms with Crippen molar-refractivity contribution in [2.24, 2.45) is 11.7 Å². The van der Waals surface area contributed by atoms with Crippen molar-refractivity contribution < 1.29 is 40.3 Å². The van der Waals surface area contributed by atoms with E-state index in [0.29, 0.717) is 61.4 Å². The molecule has 0 spiro atoms.